The highest BCUT2D eigenvalue weighted by molar-refractivity contribution is 5.37. The lowest BCUT2D eigenvalue weighted by Gasteiger charge is -2.20. The Hall–Kier alpha value is -1.68. The molecule has 1 aromatic heterocycles. The Morgan fingerprint density at radius 1 is 1.14 bits per heavy atom. The molecule has 114 valence electrons. The third kappa shape index (κ3) is 3.32. The van der Waals surface area contributed by atoms with E-state index < -0.39 is 11.6 Å². The van der Waals surface area contributed by atoms with Crippen LogP contribution < -0.4 is 5.32 Å². The first-order valence-corrected chi connectivity index (χ1v) is 7.33. The number of halogens is 2. The van der Waals surface area contributed by atoms with E-state index >= 15 is 0 Å². The van der Waals surface area contributed by atoms with E-state index in [1.165, 1.54) is 0 Å². The van der Waals surface area contributed by atoms with Crippen LogP contribution in [0.15, 0.2) is 28.9 Å². The Morgan fingerprint density at radius 2 is 1.90 bits per heavy atom. The van der Waals surface area contributed by atoms with Crippen LogP contribution in [0, 0.1) is 18.6 Å². The van der Waals surface area contributed by atoms with E-state index in [4.69, 9.17) is 4.42 Å². The molecule has 0 bridgehead atoms. The lowest BCUT2D eigenvalue weighted by molar-refractivity contribution is 0.492. The molecule has 0 amide bonds. The molecule has 2 aromatic rings. The molecule has 1 N–H and O–H groups in total. The number of furan rings is 1. The van der Waals surface area contributed by atoms with Crippen LogP contribution in [0.2, 0.25) is 0 Å². The van der Waals surface area contributed by atoms with Gasteiger partial charge in [0.2, 0.25) is 0 Å². The molecule has 21 heavy (non-hydrogen) atoms. The van der Waals surface area contributed by atoms with Gasteiger partial charge in [-0.1, -0.05) is 13.8 Å². The standard InChI is InChI=1S/C17H21F2NO/c1-4-7-20-17(12-6-8-21-16(12)5-2)13-9-11(3)14(18)10-15(13)19/h6,8-10,17,20H,4-5,7H2,1-3H3. The minimum absolute atomic E-state index is 0.321. The van der Waals surface area contributed by atoms with E-state index in [0.29, 0.717) is 11.1 Å². The third-order valence-corrected chi connectivity index (χ3v) is 3.60. The Kier molecular flexibility index (Phi) is 5.12. The zero-order valence-electron chi connectivity index (χ0n) is 12.7. The molecular formula is C17H21F2NO. The largest absolute Gasteiger partial charge is 0.469 e. The molecule has 2 nitrogen and oxygen atoms in total. The van der Waals surface area contributed by atoms with Crippen LogP contribution in [0.4, 0.5) is 8.78 Å². The highest BCUT2D eigenvalue weighted by Crippen LogP contribution is 2.29. The average Bonchev–Trinajstić information content (AvgIpc) is 2.93. The van der Waals surface area contributed by atoms with Crippen molar-refractivity contribution in [1.82, 2.24) is 5.32 Å². The zero-order chi connectivity index (χ0) is 15.4. The van der Waals surface area contributed by atoms with Gasteiger partial charge in [-0.3, -0.25) is 0 Å². The molecule has 0 fully saturated rings. The van der Waals surface area contributed by atoms with E-state index in [9.17, 15) is 8.78 Å². The van der Waals surface area contributed by atoms with Gasteiger partial charge in [0.1, 0.15) is 17.4 Å². The van der Waals surface area contributed by atoms with Crippen LogP contribution in [0.25, 0.3) is 0 Å². The summed E-state index contributed by atoms with van der Waals surface area (Å²) in [6.45, 7) is 6.43. The van der Waals surface area contributed by atoms with Gasteiger partial charge in [0.15, 0.2) is 0 Å². The van der Waals surface area contributed by atoms with Gasteiger partial charge in [-0.25, -0.2) is 8.78 Å². The summed E-state index contributed by atoms with van der Waals surface area (Å²) in [5, 5.41) is 3.33. The lowest BCUT2D eigenvalue weighted by atomic mass is 9.96. The van der Waals surface area contributed by atoms with Crippen molar-refractivity contribution in [2.75, 3.05) is 6.54 Å². The number of rotatable bonds is 6. The van der Waals surface area contributed by atoms with E-state index in [-0.39, 0.29) is 6.04 Å². The van der Waals surface area contributed by atoms with Crippen molar-refractivity contribution in [3.8, 4) is 0 Å². The van der Waals surface area contributed by atoms with Gasteiger partial charge in [-0.05, 0) is 37.6 Å². The number of hydrogen-bond acceptors (Lipinski definition) is 2. The van der Waals surface area contributed by atoms with Crippen molar-refractivity contribution in [3.05, 3.63) is 58.5 Å². The summed E-state index contributed by atoms with van der Waals surface area (Å²) >= 11 is 0. The average molecular weight is 293 g/mol. The number of nitrogens with one attached hydrogen (secondary N) is 1. The second kappa shape index (κ2) is 6.85. The summed E-state index contributed by atoms with van der Waals surface area (Å²) in [6.07, 6.45) is 3.27. The quantitative estimate of drug-likeness (QED) is 0.847. The maximum Gasteiger partial charge on any atom is 0.131 e. The maximum atomic E-state index is 14.2. The van der Waals surface area contributed by atoms with E-state index in [1.54, 1.807) is 19.3 Å². The second-order valence-corrected chi connectivity index (χ2v) is 5.16. The van der Waals surface area contributed by atoms with Gasteiger partial charge in [0, 0.05) is 23.6 Å². The van der Waals surface area contributed by atoms with Gasteiger partial charge in [0.25, 0.3) is 0 Å². The summed E-state index contributed by atoms with van der Waals surface area (Å²) in [7, 11) is 0. The molecule has 1 atom stereocenters. The molecule has 1 aromatic carbocycles. The van der Waals surface area contributed by atoms with Gasteiger partial charge in [-0.2, -0.15) is 0 Å². The highest BCUT2D eigenvalue weighted by Gasteiger charge is 2.22. The van der Waals surface area contributed by atoms with Crippen LogP contribution in [0.3, 0.4) is 0 Å². The van der Waals surface area contributed by atoms with E-state index in [0.717, 1.165) is 36.8 Å². The van der Waals surface area contributed by atoms with Crippen LogP contribution in [-0.2, 0) is 6.42 Å². The summed E-state index contributed by atoms with van der Waals surface area (Å²) < 4.78 is 33.2. The molecule has 0 aliphatic carbocycles. The molecule has 0 aliphatic rings. The Labute approximate surface area is 124 Å². The van der Waals surface area contributed by atoms with E-state index in [1.807, 2.05) is 19.9 Å². The molecule has 0 spiro atoms. The van der Waals surface area contributed by atoms with Crippen LogP contribution >= 0.6 is 0 Å². The predicted molar refractivity (Wildman–Crippen MR) is 79.3 cm³/mol. The Balaban J connectivity index is 2.48. The highest BCUT2D eigenvalue weighted by atomic mass is 19.1. The van der Waals surface area contributed by atoms with Crippen molar-refractivity contribution in [2.24, 2.45) is 0 Å². The fraction of sp³-hybridized carbons (Fsp3) is 0.412. The molecular weight excluding hydrogens is 272 g/mol. The van der Waals surface area contributed by atoms with Crippen LogP contribution in [-0.4, -0.2) is 6.54 Å². The minimum atomic E-state index is -0.532. The van der Waals surface area contributed by atoms with Crippen LogP contribution in [0.5, 0.6) is 0 Å². The van der Waals surface area contributed by atoms with Crippen molar-refractivity contribution in [3.63, 3.8) is 0 Å². The number of aryl methyl sites for hydroxylation is 2. The van der Waals surface area contributed by atoms with Crippen LogP contribution in [0.1, 0.15) is 48.8 Å². The van der Waals surface area contributed by atoms with Gasteiger partial charge in [0.05, 0.1) is 12.3 Å². The van der Waals surface area contributed by atoms with Crippen molar-refractivity contribution in [2.45, 2.75) is 39.7 Å². The maximum absolute atomic E-state index is 14.2. The first-order valence-electron chi connectivity index (χ1n) is 7.33. The Bertz CT molecular complexity index is 607. The fourth-order valence-corrected chi connectivity index (χ4v) is 2.47. The lowest BCUT2D eigenvalue weighted by Crippen LogP contribution is -2.25. The molecule has 1 unspecified atom stereocenters. The molecule has 4 heteroatoms. The molecule has 0 radical (unpaired) electrons. The van der Waals surface area contributed by atoms with Gasteiger partial charge < -0.3 is 9.73 Å². The molecule has 0 saturated heterocycles. The molecule has 2 rings (SSSR count). The van der Waals surface area contributed by atoms with Crippen molar-refractivity contribution in [1.29, 1.82) is 0 Å². The van der Waals surface area contributed by atoms with E-state index in [2.05, 4.69) is 5.32 Å². The van der Waals surface area contributed by atoms with Gasteiger partial charge >= 0.3 is 0 Å². The first-order chi connectivity index (χ1) is 10.1. The normalized spacial score (nSPS) is 12.6. The summed E-state index contributed by atoms with van der Waals surface area (Å²) in [4.78, 5) is 0. The monoisotopic (exact) mass is 293 g/mol. The smallest absolute Gasteiger partial charge is 0.131 e. The first kappa shape index (κ1) is 15.7. The molecule has 0 aliphatic heterocycles. The second-order valence-electron chi connectivity index (χ2n) is 5.16. The molecule has 1 heterocycles. The SMILES string of the molecule is CCCNC(c1cc(C)c(F)cc1F)c1ccoc1CC. The zero-order valence-corrected chi connectivity index (χ0v) is 12.7. The summed E-state index contributed by atoms with van der Waals surface area (Å²) in [5.74, 6) is -0.228. The van der Waals surface area contributed by atoms with Crippen molar-refractivity contribution < 1.29 is 13.2 Å². The third-order valence-electron chi connectivity index (χ3n) is 3.60. The predicted octanol–water partition coefficient (Wildman–Crippen LogP) is 4.52. The summed E-state index contributed by atoms with van der Waals surface area (Å²) in [6, 6.07) is 4.06. The topological polar surface area (TPSA) is 25.2 Å². The van der Waals surface area contributed by atoms with Gasteiger partial charge in [-0.15, -0.1) is 0 Å². The fourth-order valence-electron chi connectivity index (χ4n) is 2.47. The molecule has 0 saturated carbocycles. The number of benzene rings is 1. The number of hydrogen-bond donors (Lipinski definition) is 1. The minimum Gasteiger partial charge on any atom is -0.469 e. The van der Waals surface area contributed by atoms with Crippen molar-refractivity contribution >= 4 is 0 Å². The summed E-state index contributed by atoms with van der Waals surface area (Å²) in [5.41, 5.74) is 1.81. The Morgan fingerprint density at radius 3 is 2.57 bits per heavy atom.